The molecule has 1 fully saturated rings. The van der Waals surface area contributed by atoms with Crippen molar-refractivity contribution in [1.82, 2.24) is 19.8 Å². The number of piperazine rings is 1. The Morgan fingerprint density at radius 1 is 1.12 bits per heavy atom. The van der Waals surface area contributed by atoms with Crippen LogP contribution in [-0.2, 0) is 11.2 Å². The average Bonchev–Trinajstić information content (AvgIpc) is 3.25. The zero-order valence-corrected chi connectivity index (χ0v) is 20.1. The molecule has 1 saturated heterocycles. The number of Topliss-reactive ketones (excluding diaryl/α,β-unsaturated/α-hetero) is 1. The number of aromatic nitrogens is 2. The first-order valence-corrected chi connectivity index (χ1v) is 12.3. The second kappa shape index (κ2) is 9.97. The quantitative estimate of drug-likeness (QED) is 0.298. The summed E-state index contributed by atoms with van der Waals surface area (Å²) in [4.78, 5) is 40.1. The van der Waals surface area contributed by atoms with Crippen molar-refractivity contribution in [2.24, 2.45) is 0 Å². The number of ketones is 1. The lowest BCUT2D eigenvalue weighted by molar-refractivity contribution is -0.131. The van der Waals surface area contributed by atoms with Crippen molar-refractivity contribution in [3.63, 3.8) is 0 Å². The molecule has 0 spiro atoms. The van der Waals surface area contributed by atoms with Gasteiger partial charge < -0.3 is 14.5 Å². The topological polar surface area (TPSA) is 75.6 Å². The van der Waals surface area contributed by atoms with E-state index in [2.05, 4.69) is 21.9 Å². The van der Waals surface area contributed by atoms with Gasteiger partial charge in [-0.05, 0) is 44.3 Å². The number of amides is 1. The van der Waals surface area contributed by atoms with E-state index < -0.39 is 0 Å². The van der Waals surface area contributed by atoms with Gasteiger partial charge in [0.2, 0.25) is 5.91 Å². The van der Waals surface area contributed by atoms with Gasteiger partial charge in [0.15, 0.2) is 5.78 Å². The van der Waals surface area contributed by atoms with Crippen molar-refractivity contribution in [2.45, 2.75) is 18.4 Å². The monoisotopic (exact) mass is 470 g/mol. The number of hydrogen-bond donors (Lipinski definition) is 0. The van der Waals surface area contributed by atoms with E-state index in [0.29, 0.717) is 17.1 Å². The van der Waals surface area contributed by atoms with Crippen LogP contribution in [0.1, 0.15) is 20.4 Å². The number of ether oxygens (including phenoxy) is 1. The summed E-state index contributed by atoms with van der Waals surface area (Å²) in [7, 11) is 3.69. The normalized spacial score (nSPS) is 14.7. The number of thiophene rings is 1. The summed E-state index contributed by atoms with van der Waals surface area (Å²) in [6, 6.07) is 9.38. The fraction of sp³-hybridized carbons (Fsp3) is 0.391. The molecule has 1 aliphatic rings. The molecule has 0 aliphatic carbocycles. The van der Waals surface area contributed by atoms with Gasteiger partial charge in [-0.2, -0.15) is 0 Å². The second-order valence-corrected chi connectivity index (χ2v) is 9.93. The maximum atomic E-state index is 12.8. The molecule has 0 bridgehead atoms. The number of likely N-dealkylation sites (N-methyl/N-ethyl adjacent to an activating group) is 1. The third-order valence-corrected chi connectivity index (χ3v) is 7.56. The predicted octanol–water partition coefficient (Wildman–Crippen LogP) is 3.30. The van der Waals surface area contributed by atoms with Gasteiger partial charge in [0.1, 0.15) is 16.6 Å². The van der Waals surface area contributed by atoms with E-state index in [1.807, 2.05) is 42.2 Å². The fourth-order valence-corrected chi connectivity index (χ4v) is 5.54. The number of methoxy groups -OCH3 is 1. The van der Waals surface area contributed by atoms with E-state index in [9.17, 15) is 9.59 Å². The van der Waals surface area contributed by atoms with Crippen LogP contribution in [0.15, 0.2) is 35.4 Å². The SMILES string of the molecule is COc1ccc2nc(C)nc(SCC(=O)c3ccc(CC(=O)N4CCN(C)CC4)s3)c2c1. The molecule has 1 aromatic carbocycles. The molecular weight excluding hydrogens is 444 g/mol. The summed E-state index contributed by atoms with van der Waals surface area (Å²) >= 11 is 2.81. The van der Waals surface area contributed by atoms with Crippen molar-refractivity contribution in [1.29, 1.82) is 0 Å². The van der Waals surface area contributed by atoms with Gasteiger partial charge in [-0.25, -0.2) is 9.97 Å². The number of fused-ring (bicyclic) bond motifs is 1. The molecule has 2 aromatic heterocycles. The summed E-state index contributed by atoms with van der Waals surface area (Å²) in [6.45, 7) is 5.18. The van der Waals surface area contributed by atoms with E-state index >= 15 is 0 Å². The molecule has 1 amide bonds. The van der Waals surface area contributed by atoms with Gasteiger partial charge in [0.05, 0.1) is 29.7 Å². The second-order valence-electron chi connectivity index (χ2n) is 7.80. The summed E-state index contributed by atoms with van der Waals surface area (Å²) in [6.07, 6.45) is 0.352. The van der Waals surface area contributed by atoms with E-state index in [1.165, 1.54) is 23.1 Å². The summed E-state index contributed by atoms with van der Waals surface area (Å²) in [5.41, 5.74) is 0.828. The number of aryl methyl sites for hydroxylation is 1. The van der Waals surface area contributed by atoms with E-state index in [0.717, 1.165) is 52.7 Å². The molecule has 0 radical (unpaired) electrons. The standard InChI is InChI=1S/C23H26N4O3S2/c1-15-24-19-6-4-16(30-3)12-18(19)23(25-15)31-14-20(28)21-7-5-17(32-21)13-22(29)27-10-8-26(2)9-11-27/h4-7,12H,8-11,13-14H2,1-3H3. The maximum Gasteiger partial charge on any atom is 0.227 e. The van der Waals surface area contributed by atoms with Crippen molar-refractivity contribution in [3.8, 4) is 5.75 Å². The largest absolute Gasteiger partial charge is 0.497 e. The Balaban J connectivity index is 1.40. The maximum absolute atomic E-state index is 12.8. The molecule has 168 valence electrons. The Morgan fingerprint density at radius 3 is 2.66 bits per heavy atom. The summed E-state index contributed by atoms with van der Waals surface area (Å²) in [5, 5.41) is 1.64. The summed E-state index contributed by atoms with van der Waals surface area (Å²) in [5.74, 6) is 1.83. The molecule has 1 aliphatic heterocycles. The van der Waals surface area contributed by atoms with E-state index in [-0.39, 0.29) is 17.4 Å². The van der Waals surface area contributed by atoms with Crippen LogP contribution in [0, 0.1) is 6.92 Å². The number of hydrogen-bond acceptors (Lipinski definition) is 8. The molecule has 3 aromatic rings. The highest BCUT2D eigenvalue weighted by atomic mass is 32.2. The Hall–Kier alpha value is -2.49. The van der Waals surface area contributed by atoms with Crippen LogP contribution in [0.25, 0.3) is 10.9 Å². The number of nitrogens with zero attached hydrogens (tertiary/aromatic N) is 4. The Bertz CT molecular complexity index is 1140. The lowest BCUT2D eigenvalue weighted by Gasteiger charge is -2.32. The van der Waals surface area contributed by atoms with Gasteiger partial charge in [-0.15, -0.1) is 11.3 Å². The summed E-state index contributed by atoms with van der Waals surface area (Å²) < 4.78 is 5.32. The number of carbonyl (C=O) groups is 2. The highest BCUT2D eigenvalue weighted by molar-refractivity contribution is 8.00. The third-order valence-electron chi connectivity index (χ3n) is 5.44. The van der Waals surface area contributed by atoms with Crippen LogP contribution in [0.5, 0.6) is 5.75 Å². The molecule has 0 unspecified atom stereocenters. The highest BCUT2D eigenvalue weighted by Gasteiger charge is 2.20. The molecular formula is C23H26N4O3S2. The number of benzene rings is 1. The van der Waals surface area contributed by atoms with Crippen LogP contribution in [0.3, 0.4) is 0 Å². The molecule has 3 heterocycles. The lowest BCUT2D eigenvalue weighted by Crippen LogP contribution is -2.47. The highest BCUT2D eigenvalue weighted by Crippen LogP contribution is 2.30. The number of carbonyl (C=O) groups excluding carboxylic acids is 2. The minimum absolute atomic E-state index is 0.0330. The van der Waals surface area contributed by atoms with Crippen molar-refractivity contribution in [2.75, 3.05) is 46.1 Å². The third kappa shape index (κ3) is 5.28. The van der Waals surface area contributed by atoms with Crippen molar-refractivity contribution < 1.29 is 14.3 Å². The van der Waals surface area contributed by atoms with E-state index in [4.69, 9.17) is 4.74 Å². The van der Waals surface area contributed by atoms with Gasteiger partial charge in [0, 0.05) is 36.4 Å². The lowest BCUT2D eigenvalue weighted by atomic mass is 10.2. The molecule has 9 heteroatoms. The van der Waals surface area contributed by atoms with Crippen molar-refractivity contribution in [3.05, 3.63) is 45.9 Å². The Labute approximate surface area is 195 Å². The first-order valence-electron chi connectivity index (χ1n) is 10.5. The molecule has 0 N–H and O–H groups in total. The molecule has 4 rings (SSSR count). The number of thioether (sulfide) groups is 1. The molecule has 32 heavy (non-hydrogen) atoms. The van der Waals surface area contributed by atoms with Crippen LogP contribution in [0.2, 0.25) is 0 Å². The van der Waals surface area contributed by atoms with Crippen molar-refractivity contribution >= 4 is 45.7 Å². The molecule has 7 nitrogen and oxygen atoms in total. The van der Waals surface area contributed by atoms with E-state index in [1.54, 1.807) is 7.11 Å². The average molecular weight is 471 g/mol. The van der Waals surface area contributed by atoms with Crippen LogP contribution < -0.4 is 4.74 Å². The smallest absolute Gasteiger partial charge is 0.227 e. The van der Waals surface area contributed by atoms with Gasteiger partial charge in [0.25, 0.3) is 0 Å². The Kier molecular flexibility index (Phi) is 7.07. The predicted molar refractivity (Wildman–Crippen MR) is 128 cm³/mol. The van der Waals surface area contributed by atoms with Gasteiger partial charge in [-0.3, -0.25) is 9.59 Å². The zero-order valence-electron chi connectivity index (χ0n) is 18.5. The van der Waals surface area contributed by atoms with Gasteiger partial charge in [-0.1, -0.05) is 11.8 Å². The minimum atomic E-state index is 0.0330. The van der Waals surface area contributed by atoms with Crippen LogP contribution >= 0.6 is 23.1 Å². The van der Waals surface area contributed by atoms with Crippen LogP contribution in [-0.4, -0.2) is 77.5 Å². The molecule has 0 atom stereocenters. The minimum Gasteiger partial charge on any atom is -0.497 e. The first-order chi connectivity index (χ1) is 15.4. The molecule has 0 saturated carbocycles. The zero-order chi connectivity index (χ0) is 22.7. The first kappa shape index (κ1) is 22.7. The Morgan fingerprint density at radius 2 is 1.91 bits per heavy atom. The van der Waals surface area contributed by atoms with Gasteiger partial charge >= 0.3 is 0 Å². The van der Waals surface area contributed by atoms with Crippen LogP contribution in [0.4, 0.5) is 0 Å². The number of rotatable bonds is 7. The fourth-order valence-electron chi connectivity index (χ4n) is 3.57.